The molecule has 0 saturated heterocycles. The fourth-order valence-corrected chi connectivity index (χ4v) is 1.32. The summed E-state index contributed by atoms with van der Waals surface area (Å²) in [4.78, 5) is 0. The number of hydrogen-bond donors (Lipinski definition) is 0. The second-order valence-electron chi connectivity index (χ2n) is 3.20. The van der Waals surface area contributed by atoms with Crippen LogP contribution < -0.4 is 0 Å². The number of benzene rings is 2. The first kappa shape index (κ1) is 25.8. The molecule has 2 nitrogen and oxygen atoms in total. The van der Waals surface area contributed by atoms with Crippen molar-refractivity contribution in [3.05, 3.63) is 71.4 Å². The lowest BCUT2D eigenvalue weighted by molar-refractivity contribution is -0.354. The highest BCUT2D eigenvalue weighted by Gasteiger charge is 1.98. The van der Waals surface area contributed by atoms with Crippen molar-refractivity contribution in [2.75, 3.05) is 0 Å². The Balaban J connectivity index is -0.000000438. The van der Waals surface area contributed by atoms with Gasteiger partial charge in [0.05, 0.1) is 0 Å². The van der Waals surface area contributed by atoms with Gasteiger partial charge in [-0.15, -0.1) is 0 Å². The summed E-state index contributed by atoms with van der Waals surface area (Å²) in [5, 5.41) is 11.7. The summed E-state index contributed by atoms with van der Waals surface area (Å²) >= 11 is 0. The third-order valence-electron chi connectivity index (χ3n) is 2.08. The van der Waals surface area contributed by atoms with E-state index in [4.69, 9.17) is 0 Å². The van der Waals surface area contributed by atoms with E-state index in [9.17, 15) is 5.21 Å². The zero-order chi connectivity index (χ0) is 18.5. The van der Waals surface area contributed by atoms with E-state index >= 15 is 0 Å². The van der Waals surface area contributed by atoms with Gasteiger partial charge < -0.3 is 5.21 Å². The minimum atomic E-state index is 0.640. The van der Waals surface area contributed by atoms with Crippen molar-refractivity contribution < 1.29 is 4.74 Å². The molecule has 0 amide bonds. The zero-order valence-corrected chi connectivity index (χ0v) is 16.2. The second kappa shape index (κ2) is 22.2. The molecule has 0 atom stereocenters. The minimum absolute atomic E-state index is 0.640. The Bertz CT molecular complexity index is 450. The van der Waals surface area contributed by atoms with E-state index in [1.165, 1.54) is 0 Å². The van der Waals surface area contributed by atoms with Gasteiger partial charge in [-0.3, -0.25) is 0 Å². The Hall–Kier alpha value is -2.09. The van der Waals surface area contributed by atoms with E-state index in [-0.39, 0.29) is 0 Å². The molecule has 0 radical (unpaired) electrons. The van der Waals surface area contributed by atoms with Crippen LogP contribution in [0, 0.1) is 5.21 Å². The molecular weight excluding hydrogens is 282 g/mol. The first-order valence-corrected chi connectivity index (χ1v) is 8.77. The highest BCUT2D eigenvalue weighted by molar-refractivity contribution is 5.76. The highest BCUT2D eigenvalue weighted by atomic mass is 16.5. The van der Waals surface area contributed by atoms with Crippen molar-refractivity contribution in [1.29, 1.82) is 0 Å². The molecule has 2 rings (SSSR count). The second-order valence-corrected chi connectivity index (χ2v) is 3.20. The van der Waals surface area contributed by atoms with Crippen LogP contribution in [0.4, 0.5) is 5.69 Å². The third-order valence-corrected chi connectivity index (χ3v) is 2.08. The van der Waals surface area contributed by atoms with Gasteiger partial charge in [-0.25, -0.2) is 0 Å². The van der Waals surface area contributed by atoms with E-state index in [1.54, 1.807) is 18.3 Å². The monoisotopic (exact) mass is 317 g/mol. The van der Waals surface area contributed by atoms with E-state index in [0.29, 0.717) is 5.69 Å². The summed E-state index contributed by atoms with van der Waals surface area (Å²) in [7, 11) is 0. The van der Waals surface area contributed by atoms with Gasteiger partial charge >= 0.3 is 0 Å². The van der Waals surface area contributed by atoms with Crippen LogP contribution >= 0.6 is 0 Å². The van der Waals surface area contributed by atoms with Crippen LogP contribution in [0.25, 0.3) is 0 Å². The minimum Gasteiger partial charge on any atom is -0.618 e. The maximum atomic E-state index is 11.7. The average Bonchev–Trinajstić information content (AvgIpc) is 2.69. The standard InChI is InChI=1S/C13H11NO.4C2H6/c15-14(13-9-5-2-6-10-13)11-12-7-3-1-4-8-12;4*1-2/h1-11H;4*1-2H3. The van der Waals surface area contributed by atoms with Gasteiger partial charge in [-0.1, -0.05) is 91.8 Å². The lowest BCUT2D eigenvalue weighted by atomic mass is 10.2. The summed E-state index contributed by atoms with van der Waals surface area (Å²) in [6, 6.07) is 18.7. The topological polar surface area (TPSA) is 26.1 Å². The molecule has 2 aromatic rings. The molecular formula is C21H35NO. The maximum Gasteiger partial charge on any atom is 0.216 e. The number of rotatable bonds is 2. The number of hydrogen-bond acceptors (Lipinski definition) is 1. The molecule has 0 aliphatic rings. The predicted octanol–water partition coefficient (Wildman–Crippen LogP) is 7.05. The lowest BCUT2D eigenvalue weighted by Gasteiger charge is -2.01. The summed E-state index contributed by atoms with van der Waals surface area (Å²) < 4.78 is 0.870. The molecule has 0 bridgehead atoms. The maximum absolute atomic E-state index is 11.7. The molecule has 0 spiro atoms. The Morgan fingerprint density at radius 2 is 0.957 bits per heavy atom. The summed E-state index contributed by atoms with van der Waals surface area (Å²) in [5.41, 5.74) is 1.54. The predicted molar refractivity (Wildman–Crippen MR) is 107 cm³/mol. The fraction of sp³-hybridized carbons (Fsp3) is 0.381. The van der Waals surface area contributed by atoms with Crippen LogP contribution in [0.2, 0.25) is 0 Å². The normalized spacial score (nSPS) is 8.43. The summed E-state index contributed by atoms with van der Waals surface area (Å²) in [5.74, 6) is 0. The Labute approximate surface area is 144 Å². The average molecular weight is 318 g/mol. The molecule has 130 valence electrons. The van der Waals surface area contributed by atoms with E-state index in [2.05, 4.69) is 0 Å². The van der Waals surface area contributed by atoms with Crippen LogP contribution in [-0.4, -0.2) is 11.0 Å². The summed E-state index contributed by atoms with van der Waals surface area (Å²) in [6.07, 6.45) is 1.56. The Morgan fingerprint density at radius 3 is 1.35 bits per heavy atom. The van der Waals surface area contributed by atoms with Gasteiger partial charge in [0.15, 0.2) is 6.21 Å². The van der Waals surface area contributed by atoms with Crippen molar-refractivity contribution in [3.63, 3.8) is 0 Å². The Kier molecular flexibility index (Phi) is 24.9. The molecule has 0 unspecified atom stereocenters. The molecule has 0 fully saturated rings. The molecule has 0 aromatic heterocycles. The molecule has 0 saturated carbocycles. The molecule has 0 heterocycles. The van der Waals surface area contributed by atoms with Gasteiger partial charge in [0.2, 0.25) is 5.69 Å². The van der Waals surface area contributed by atoms with Crippen LogP contribution in [0.1, 0.15) is 61.0 Å². The Morgan fingerprint density at radius 1 is 0.609 bits per heavy atom. The third kappa shape index (κ3) is 13.3. The van der Waals surface area contributed by atoms with Gasteiger partial charge in [0.1, 0.15) is 0 Å². The number of nitrogens with zero attached hydrogens (tertiary/aromatic N) is 1. The van der Waals surface area contributed by atoms with E-state index in [1.807, 2.05) is 104 Å². The van der Waals surface area contributed by atoms with E-state index in [0.717, 1.165) is 10.3 Å². The number of para-hydroxylation sites is 1. The van der Waals surface area contributed by atoms with Gasteiger partial charge in [0.25, 0.3) is 0 Å². The largest absolute Gasteiger partial charge is 0.618 e. The van der Waals surface area contributed by atoms with Crippen LogP contribution in [0.15, 0.2) is 60.7 Å². The van der Waals surface area contributed by atoms with Gasteiger partial charge in [-0.2, -0.15) is 4.74 Å². The molecule has 2 aromatic carbocycles. The first-order chi connectivity index (χ1) is 11.4. The first-order valence-electron chi connectivity index (χ1n) is 8.77. The smallest absolute Gasteiger partial charge is 0.216 e. The quantitative estimate of drug-likeness (QED) is 0.252. The van der Waals surface area contributed by atoms with Crippen molar-refractivity contribution in [2.45, 2.75) is 55.4 Å². The summed E-state index contributed by atoms with van der Waals surface area (Å²) in [6.45, 7) is 16.0. The fourth-order valence-electron chi connectivity index (χ4n) is 1.32. The zero-order valence-electron chi connectivity index (χ0n) is 16.2. The van der Waals surface area contributed by atoms with Gasteiger partial charge in [0, 0.05) is 17.7 Å². The molecule has 0 aliphatic carbocycles. The van der Waals surface area contributed by atoms with Crippen LogP contribution in [-0.2, 0) is 0 Å². The van der Waals surface area contributed by atoms with Gasteiger partial charge in [-0.05, 0) is 12.1 Å². The van der Waals surface area contributed by atoms with Crippen LogP contribution in [0.5, 0.6) is 0 Å². The SMILES string of the molecule is CC.CC.CC.CC.[O-][N+](=Cc1ccccc1)c1ccccc1. The highest BCUT2D eigenvalue weighted by Crippen LogP contribution is 2.09. The van der Waals surface area contributed by atoms with Crippen molar-refractivity contribution in [3.8, 4) is 0 Å². The molecule has 23 heavy (non-hydrogen) atoms. The van der Waals surface area contributed by atoms with Crippen molar-refractivity contribution >= 4 is 11.9 Å². The van der Waals surface area contributed by atoms with E-state index < -0.39 is 0 Å². The van der Waals surface area contributed by atoms with Crippen molar-refractivity contribution in [1.82, 2.24) is 0 Å². The molecule has 0 aliphatic heterocycles. The molecule has 0 N–H and O–H groups in total. The van der Waals surface area contributed by atoms with Crippen LogP contribution in [0.3, 0.4) is 0 Å². The molecule has 2 heteroatoms. The lowest BCUT2D eigenvalue weighted by Crippen LogP contribution is -1.97. The van der Waals surface area contributed by atoms with Crippen molar-refractivity contribution in [2.24, 2.45) is 0 Å².